The number of nitriles is 2. The Hall–Kier alpha value is -3.17. The average Bonchev–Trinajstić information content (AvgIpc) is 2.56. The molecule has 0 saturated carbocycles. The largest absolute Gasteiger partial charge is 0.383 e. The number of nitrogens with one attached hydrogen (secondary N) is 1. The van der Waals surface area contributed by atoms with Crippen molar-refractivity contribution >= 4 is 29.2 Å². The van der Waals surface area contributed by atoms with E-state index in [0.29, 0.717) is 5.56 Å². The molecule has 1 aromatic carbocycles. The Balaban J connectivity index is 2.16. The van der Waals surface area contributed by atoms with Crippen molar-refractivity contribution in [2.75, 3.05) is 16.8 Å². The molecule has 9 heteroatoms. The van der Waals surface area contributed by atoms with Gasteiger partial charge >= 0.3 is 0 Å². The van der Waals surface area contributed by atoms with Gasteiger partial charge in [-0.2, -0.15) is 10.5 Å². The third kappa shape index (κ3) is 4.03. The summed E-state index contributed by atoms with van der Waals surface area (Å²) < 4.78 is 26.6. The molecule has 1 amide bonds. The molecule has 0 bridgehead atoms. The van der Waals surface area contributed by atoms with Gasteiger partial charge in [0.15, 0.2) is 0 Å². The predicted octanol–water partition coefficient (Wildman–Crippen LogP) is 2.72. The Bertz CT molecular complexity index is 934. The highest BCUT2D eigenvalue weighted by atomic mass is 32.2. The highest BCUT2D eigenvalue weighted by molar-refractivity contribution is 8.00. The molecule has 3 N–H and O–H groups in total. The molecular formula is C16H11F2N5OS. The Labute approximate surface area is 146 Å². The van der Waals surface area contributed by atoms with Gasteiger partial charge in [0, 0.05) is 6.07 Å². The van der Waals surface area contributed by atoms with E-state index in [0.717, 1.165) is 30.0 Å². The molecular weight excluding hydrogens is 348 g/mol. The lowest BCUT2D eigenvalue weighted by Crippen LogP contribution is -2.15. The van der Waals surface area contributed by atoms with E-state index in [1.807, 2.05) is 12.1 Å². The summed E-state index contributed by atoms with van der Waals surface area (Å²) in [6, 6.07) is 6.49. The van der Waals surface area contributed by atoms with E-state index < -0.39 is 17.5 Å². The van der Waals surface area contributed by atoms with Crippen molar-refractivity contribution in [2.45, 2.75) is 11.9 Å². The van der Waals surface area contributed by atoms with E-state index in [2.05, 4.69) is 10.3 Å². The number of thioether (sulfide) groups is 1. The van der Waals surface area contributed by atoms with Crippen LogP contribution in [0.2, 0.25) is 0 Å². The number of halogens is 2. The van der Waals surface area contributed by atoms with Crippen LogP contribution in [0.1, 0.15) is 16.7 Å². The normalized spacial score (nSPS) is 9.96. The van der Waals surface area contributed by atoms with E-state index in [9.17, 15) is 18.8 Å². The first-order valence-electron chi connectivity index (χ1n) is 6.85. The molecule has 0 radical (unpaired) electrons. The second-order valence-electron chi connectivity index (χ2n) is 4.86. The second-order valence-corrected chi connectivity index (χ2v) is 5.83. The van der Waals surface area contributed by atoms with Crippen LogP contribution >= 0.6 is 11.8 Å². The fraction of sp³-hybridized carbons (Fsp3) is 0.125. The van der Waals surface area contributed by atoms with Crippen LogP contribution in [0.4, 0.5) is 20.3 Å². The highest BCUT2D eigenvalue weighted by Gasteiger charge is 2.17. The monoisotopic (exact) mass is 359 g/mol. The summed E-state index contributed by atoms with van der Waals surface area (Å²) in [5, 5.41) is 20.7. The SMILES string of the molecule is Cc1c(C#N)c(N)nc(SCC(=O)Nc2cc(F)ccc2F)c1C#N. The number of aromatic nitrogens is 1. The molecule has 0 aliphatic rings. The van der Waals surface area contributed by atoms with Gasteiger partial charge in [-0.3, -0.25) is 4.79 Å². The molecule has 1 aromatic heterocycles. The maximum atomic E-state index is 13.5. The molecule has 2 rings (SSSR count). The van der Waals surface area contributed by atoms with E-state index in [-0.39, 0.29) is 33.4 Å². The van der Waals surface area contributed by atoms with Gasteiger partial charge in [0.2, 0.25) is 5.91 Å². The average molecular weight is 359 g/mol. The van der Waals surface area contributed by atoms with Gasteiger partial charge in [-0.05, 0) is 24.6 Å². The van der Waals surface area contributed by atoms with E-state index in [1.54, 1.807) is 6.92 Å². The Morgan fingerprint density at radius 3 is 2.64 bits per heavy atom. The number of amides is 1. The quantitative estimate of drug-likeness (QED) is 0.811. The maximum absolute atomic E-state index is 13.5. The zero-order valence-electron chi connectivity index (χ0n) is 12.9. The minimum Gasteiger partial charge on any atom is -0.383 e. The molecule has 25 heavy (non-hydrogen) atoms. The van der Waals surface area contributed by atoms with Crippen molar-refractivity contribution in [2.24, 2.45) is 0 Å². The first kappa shape index (κ1) is 18.2. The number of nitrogens with two attached hydrogens (primary N) is 1. The summed E-state index contributed by atoms with van der Waals surface area (Å²) in [5.74, 6) is -2.32. The number of pyridine rings is 1. The van der Waals surface area contributed by atoms with E-state index in [1.165, 1.54) is 0 Å². The molecule has 0 unspecified atom stereocenters. The molecule has 6 nitrogen and oxygen atoms in total. The van der Waals surface area contributed by atoms with Crippen molar-refractivity contribution in [3.63, 3.8) is 0 Å². The molecule has 0 spiro atoms. The smallest absolute Gasteiger partial charge is 0.234 e. The molecule has 1 heterocycles. The first-order chi connectivity index (χ1) is 11.9. The van der Waals surface area contributed by atoms with Crippen molar-refractivity contribution in [3.05, 3.63) is 46.5 Å². The number of carbonyl (C=O) groups is 1. The van der Waals surface area contributed by atoms with Crippen LogP contribution in [0.25, 0.3) is 0 Å². The van der Waals surface area contributed by atoms with Crippen molar-refractivity contribution < 1.29 is 13.6 Å². The van der Waals surface area contributed by atoms with E-state index >= 15 is 0 Å². The van der Waals surface area contributed by atoms with Gasteiger partial charge in [-0.1, -0.05) is 11.8 Å². The minimum absolute atomic E-state index is 0.0434. The van der Waals surface area contributed by atoms with Crippen molar-refractivity contribution in [3.8, 4) is 12.1 Å². The summed E-state index contributed by atoms with van der Waals surface area (Å²) in [6.45, 7) is 1.56. The fourth-order valence-corrected chi connectivity index (χ4v) is 2.84. The number of hydrogen-bond donors (Lipinski definition) is 2. The summed E-state index contributed by atoms with van der Waals surface area (Å²) in [5.41, 5.74) is 6.01. The minimum atomic E-state index is -0.769. The standard InChI is InChI=1S/C16H11F2N5OS/c1-8-10(5-19)15(21)23-16(11(8)6-20)25-7-14(24)22-13-4-9(17)2-3-12(13)18/h2-4H,7H2,1H3,(H2,21,23)(H,22,24). The van der Waals surface area contributed by atoms with Gasteiger partial charge in [-0.15, -0.1) is 0 Å². The van der Waals surface area contributed by atoms with E-state index in [4.69, 9.17) is 11.0 Å². The second kappa shape index (κ2) is 7.60. The predicted molar refractivity (Wildman–Crippen MR) is 88.5 cm³/mol. The van der Waals surface area contributed by atoms with Crippen molar-refractivity contribution in [1.82, 2.24) is 4.98 Å². The number of hydrogen-bond acceptors (Lipinski definition) is 6. The zero-order valence-corrected chi connectivity index (χ0v) is 13.7. The topological polar surface area (TPSA) is 116 Å². The Morgan fingerprint density at radius 1 is 1.32 bits per heavy atom. The third-order valence-electron chi connectivity index (χ3n) is 3.21. The Morgan fingerprint density at radius 2 is 2.00 bits per heavy atom. The van der Waals surface area contributed by atoms with Crippen LogP contribution < -0.4 is 11.1 Å². The zero-order chi connectivity index (χ0) is 18.6. The van der Waals surface area contributed by atoms with Crippen LogP contribution in [0, 0.1) is 41.2 Å². The fourth-order valence-electron chi connectivity index (χ4n) is 1.99. The van der Waals surface area contributed by atoms with Crippen molar-refractivity contribution in [1.29, 1.82) is 10.5 Å². The lowest BCUT2D eigenvalue weighted by molar-refractivity contribution is -0.113. The number of nitrogen functional groups attached to an aromatic ring is 1. The van der Waals surface area contributed by atoms with Crippen LogP contribution in [0.5, 0.6) is 0 Å². The molecule has 2 aromatic rings. The van der Waals surface area contributed by atoms with Crippen LogP contribution in [-0.2, 0) is 4.79 Å². The molecule has 0 aliphatic heterocycles. The van der Waals surface area contributed by atoms with Crippen LogP contribution in [0.3, 0.4) is 0 Å². The number of benzene rings is 1. The number of nitrogens with zero attached hydrogens (tertiary/aromatic N) is 3. The highest BCUT2D eigenvalue weighted by Crippen LogP contribution is 2.28. The summed E-state index contributed by atoms with van der Waals surface area (Å²) in [7, 11) is 0. The summed E-state index contributed by atoms with van der Waals surface area (Å²) in [4.78, 5) is 15.9. The van der Waals surface area contributed by atoms with Gasteiger partial charge < -0.3 is 11.1 Å². The number of carbonyl (C=O) groups excluding carboxylic acids is 1. The van der Waals surface area contributed by atoms with Gasteiger partial charge in [0.05, 0.1) is 22.6 Å². The van der Waals surface area contributed by atoms with Gasteiger partial charge in [-0.25, -0.2) is 13.8 Å². The van der Waals surface area contributed by atoms with Gasteiger partial charge in [0.1, 0.15) is 34.6 Å². The molecule has 126 valence electrons. The lowest BCUT2D eigenvalue weighted by atomic mass is 10.1. The molecule has 0 fully saturated rings. The molecule has 0 aliphatic carbocycles. The first-order valence-corrected chi connectivity index (χ1v) is 7.84. The summed E-state index contributed by atoms with van der Waals surface area (Å²) >= 11 is 0.905. The lowest BCUT2D eigenvalue weighted by Gasteiger charge is -2.10. The number of anilines is 2. The van der Waals surface area contributed by atoms with Crippen LogP contribution in [-0.4, -0.2) is 16.6 Å². The molecule has 0 atom stereocenters. The number of rotatable bonds is 4. The summed E-state index contributed by atoms with van der Waals surface area (Å²) in [6.07, 6.45) is 0. The maximum Gasteiger partial charge on any atom is 0.234 e. The van der Waals surface area contributed by atoms with Crippen LogP contribution in [0.15, 0.2) is 23.2 Å². The third-order valence-corrected chi connectivity index (χ3v) is 4.18. The molecule has 0 saturated heterocycles. The Kier molecular flexibility index (Phi) is 5.52. The van der Waals surface area contributed by atoms with Gasteiger partial charge in [0.25, 0.3) is 0 Å².